The number of ether oxygens (including phenoxy) is 2. The third kappa shape index (κ3) is 3.34. The molecule has 2 fully saturated rings. The van der Waals surface area contributed by atoms with E-state index in [0.29, 0.717) is 19.1 Å². The lowest BCUT2D eigenvalue weighted by atomic mass is 9.61. The van der Waals surface area contributed by atoms with E-state index in [0.717, 1.165) is 31.0 Å². The van der Waals surface area contributed by atoms with Crippen LogP contribution in [-0.2, 0) is 9.47 Å². The molecular formula is C21H32O2. The van der Waals surface area contributed by atoms with Gasteiger partial charge < -0.3 is 9.47 Å². The van der Waals surface area contributed by atoms with Crippen LogP contribution in [-0.4, -0.2) is 26.4 Å². The second-order valence-corrected chi connectivity index (χ2v) is 7.66. The maximum atomic E-state index is 6.02. The molecule has 0 N–H and O–H groups in total. The van der Waals surface area contributed by atoms with Crippen molar-refractivity contribution in [2.75, 3.05) is 26.4 Å². The highest BCUT2D eigenvalue weighted by atomic mass is 16.5. The molecule has 0 amide bonds. The maximum Gasteiger partial charge on any atom is 0.0645 e. The monoisotopic (exact) mass is 316 g/mol. The highest BCUT2D eigenvalue weighted by molar-refractivity contribution is 5.20. The lowest BCUT2D eigenvalue weighted by Crippen LogP contribution is -2.46. The maximum absolute atomic E-state index is 6.02. The van der Waals surface area contributed by atoms with Gasteiger partial charge in [0.25, 0.3) is 0 Å². The highest BCUT2D eigenvalue weighted by Crippen LogP contribution is 2.60. The molecule has 0 saturated heterocycles. The Kier molecular flexibility index (Phi) is 5.76. The molecule has 0 radical (unpaired) electrons. The first kappa shape index (κ1) is 17.0. The molecule has 0 aromatic heterocycles. The molecule has 2 bridgehead atoms. The van der Waals surface area contributed by atoms with E-state index < -0.39 is 0 Å². The molecule has 0 spiro atoms. The Bertz CT molecular complexity index is 419. The van der Waals surface area contributed by atoms with Crippen molar-refractivity contribution in [3.63, 3.8) is 0 Å². The molecule has 0 aromatic rings. The van der Waals surface area contributed by atoms with E-state index in [9.17, 15) is 0 Å². The molecule has 3 unspecified atom stereocenters. The minimum atomic E-state index is 0.160. The van der Waals surface area contributed by atoms with E-state index in [1.54, 1.807) is 0 Å². The molecule has 0 aromatic carbocycles. The van der Waals surface area contributed by atoms with Gasteiger partial charge in [0.15, 0.2) is 0 Å². The lowest BCUT2D eigenvalue weighted by molar-refractivity contribution is -0.0734. The molecule has 3 atom stereocenters. The Labute approximate surface area is 141 Å². The van der Waals surface area contributed by atoms with Gasteiger partial charge in [-0.15, -0.1) is 13.2 Å². The fourth-order valence-corrected chi connectivity index (χ4v) is 5.52. The minimum absolute atomic E-state index is 0.160. The van der Waals surface area contributed by atoms with Gasteiger partial charge in [0.1, 0.15) is 0 Å². The first-order valence-electron chi connectivity index (χ1n) is 9.37. The van der Waals surface area contributed by atoms with Gasteiger partial charge in [-0.1, -0.05) is 56.4 Å². The zero-order chi connectivity index (χ0) is 16.1. The number of allylic oxidation sites excluding steroid dienone is 2. The topological polar surface area (TPSA) is 18.5 Å². The van der Waals surface area contributed by atoms with Crippen molar-refractivity contribution in [1.29, 1.82) is 0 Å². The van der Waals surface area contributed by atoms with Gasteiger partial charge in [0.05, 0.1) is 26.4 Å². The Balaban J connectivity index is 1.80. The summed E-state index contributed by atoms with van der Waals surface area (Å²) in [5.41, 5.74) is 0.160. The van der Waals surface area contributed by atoms with Crippen LogP contribution in [0.15, 0.2) is 37.5 Å². The van der Waals surface area contributed by atoms with Crippen LogP contribution in [0.1, 0.15) is 38.5 Å². The first-order chi connectivity index (χ1) is 11.3. The van der Waals surface area contributed by atoms with Crippen molar-refractivity contribution >= 4 is 0 Å². The van der Waals surface area contributed by atoms with Gasteiger partial charge >= 0.3 is 0 Å². The van der Waals surface area contributed by atoms with E-state index in [-0.39, 0.29) is 5.41 Å². The average molecular weight is 316 g/mol. The summed E-state index contributed by atoms with van der Waals surface area (Å²) in [6.45, 7) is 10.5. The van der Waals surface area contributed by atoms with Crippen LogP contribution in [0.2, 0.25) is 0 Å². The van der Waals surface area contributed by atoms with Crippen LogP contribution in [0, 0.1) is 29.1 Å². The summed E-state index contributed by atoms with van der Waals surface area (Å²) in [6.07, 6.45) is 17.0. The first-order valence-corrected chi connectivity index (χ1v) is 9.37. The van der Waals surface area contributed by atoms with E-state index in [4.69, 9.17) is 9.47 Å². The highest BCUT2D eigenvalue weighted by Gasteiger charge is 2.58. The third-order valence-corrected chi connectivity index (χ3v) is 6.35. The SMILES string of the molecule is C=CCOCC1(COCC=C)C2C=CC(C2)C1C1CCCCC1. The van der Waals surface area contributed by atoms with Gasteiger partial charge in [-0.3, -0.25) is 0 Å². The predicted molar refractivity (Wildman–Crippen MR) is 95.3 cm³/mol. The number of fused-ring (bicyclic) bond motifs is 2. The van der Waals surface area contributed by atoms with Crippen molar-refractivity contribution in [2.24, 2.45) is 29.1 Å². The van der Waals surface area contributed by atoms with Crippen molar-refractivity contribution in [3.05, 3.63) is 37.5 Å². The number of hydrogen-bond acceptors (Lipinski definition) is 2. The quantitative estimate of drug-likeness (QED) is 0.450. The molecule has 3 aliphatic carbocycles. The van der Waals surface area contributed by atoms with Gasteiger partial charge in [-0.05, 0) is 30.1 Å². The van der Waals surface area contributed by atoms with Crippen molar-refractivity contribution in [3.8, 4) is 0 Å². The Morgan fingerprint density at radius 1 is 0.957 bits per heavy atom. The van der Waals surface area contributed by atoms with E-state index in [1.165, 1.54) is 38.5 Å². The van der Waals surface area contributed by atoms with E-state index in [1.807, 2.05) is 12.2 Å². The summed E-state index contributed by atoms with van der Waals surface area (Å²) in [5.74, 6) is 2.94. The zero-order valence-electron chi connectivity index (χ0n) is 14.4. The summed E-state index contributed by atoms with van der Waals surface area (Å²) in [7, 11) is 0. The summed E-state index contributed by atoms with van der Waals surface area (Å²) < 4.78 is 12.0. The smallest absolute Gasteiger partial charge is 0.0645 e. The largest absolute Gasteiger partial charge is 0.377 e. The molecule has 3 aliphatic rings. The summed E-state index contributed by atoms with van der Waals surface area (Å²) in [5, 5.41) is 0. The van der Waals surface area contributed by atoms with Gasteiger partial charge in [-0.2, -0.15) is 0 Å². The Morgan fingerprint density at radius 3 is 2.22 bits per heavy atom. The number of hydrogen-bond donors (Lipinski definition) is 0. The molecule has 2 heteroatoms. The molecule has 2 nitrogen and oxygen atoms in total. The van der Waals surface area contributed by atoms with Crippen LogP contribution >= 0.6 is 0 Å². The second-order valence-electron chi connectivity index (χ2n) is 7.66. The summed E-state index contributed by atoms with van der Waals surface area (Å²) >= 11 is 0. The number of rotatable bonds is 9. The molecule has 23 heavy (non-hydrogen) atoms. The molecule has 0 heterocycles. The zero-order valence-corrected chi connectivity index (χ0v) is 14.4. The van der Waals surface area contributed by atoms with Crippen LogP contribution in [0.4, 0.5) is 0 Å². The standard InChI is InChI=1S/C21H32O2/c1-3-12-22-15-21(16-23-13-4-2)19-11-10-18(14-19)20(21)17-8-6-5-7-9-17/h3-4,10-11,17-20H,1-2,5-9,12-16H2. The van der Waals surface area contributed by atoms with Gasteiger partial charge in [0, 0.05) is 5.41 Å². The lowest BCUT2D eigenvalue weighted by Gasteiger charge is -2.46. The predicted octanol–water partition coefficient (Wildman–Crippen LogP) is 4.78. The van der Waals surface area contributed by atoms with Crippen LogP contribution < -0.4 is 0 Å². The second kappa shape index (κ2) is 7.81. The van der Waals surface area contributed by atoms with Gasteiger partial charge in [-0.25, -0.2) is 0 Å². The van der Waals surface area contributed by atoms with E-state index >= 15 is 0 Å². The molecular weight excluding hydrogens is 284 g/mol. The average Bonchev–Trinajstić information content (AvgIpc) is 3.16. The van der Waals surface area contributed by atoms with Crippen LogP contribution in [0.3, 0.4) is 0 Å². The molecule has 128 valence electrons. The van der Waals surface area contributed by atoms with Crippen molar-refractivity contribution < 1.29 is 9.47 Å². The third-order valence-electron chi connectivity index (χ3n) is 6.35. The van der Waals surface area contributed by atoms with Crippen LogP contribution in [0.5, 0.6) is 0 Å². The molecule has 3 rings (SSSR count). The van der Waals surface area contributed by atoms with Crippen molar-refractivity contribution in [1.82, 2.24) is 0 Å². The van der Waals surface area contributed by atoms with Crippen molar-refractivity contribution in [2.45, 2.75) is 38.5 Å². The Hall–Kier alpha value is -0.860. The fourth-order valence-electron chi connectivity index (χ4n) is 5.52. The summed E-state index contributed by atoms with van der Waals surface area (Å²) in [6, 6.07) is 0. The minimum Gasteiger partial charge on any atom is -0.377 e. The fraction of sp³-hybridized carbons (Fsp3) is 0.714. The molecule has 2 saturated carbocycles. The normalized spacial score (nSPS) is 32.3. The van der Waals surface area contributed by atoms with Gasteiger partial charge in [0.2, 0.25) is 0 Å². The Morgan fingerprint density at radius 2 is 1.61 bits per heavy atom. The molecule has 0 aliphatic heterocycles. The summed E-state index contributed by atoms with van der Waals surface area (Å²) in [4.78, 5) is 0. The van der Waals surface area contributed by atoms with E-state index in [2.05, 4.69) is 25.3 Å². The van der Waals surface area contributed by atoms with Crippen LogP contribution in [0.25, 0.3) is 0 Å².